The van der Waals surface area contributed by atoms with Crippen molar-refractivity contribution >= 4 is 5.69 Å². The first-order valence-electron chi connectivity index (χ1n) is 7.43. The summed E-state index contributed by atoms with van der Waals surface area (Å²) in [4.78, 5) is 0. The molecule has 0 saturated heterocycles. The van der Waals surface area contributed by atoms with E-state index in [0.29, 0.717) is 6.04 Å². The van der Waals surface area contributed by atoms with Crippen LogP contribution in [-0.2, 0) is 13.0 Å². The number of aryl methyl sites for hydroxylation is 1. The second-order valence-electron chi connectivity index (χ2n) is 5.51. The van der Waals surface area contributed by atoms with Crippen molar-refractivity contribution in [3.8, 4) is 5.75 Å². The van der Waals surface area contributed by atoms with E-state index in [2.05, 4.69) is 23.5 Å². The molecule has 3 heteroatoms. The lowest BCUT2D eigenvalue weighted by Gasteiger charge is -2.27. The van der Waals surface area contributed by atoms with Crippen LogP contribution in [0.4, 0.5) is 5.69 Å². The van der Waals surface area contributed by atoms with Gasteiger partial charge in [0, 0.05) is 5.69 Å². The van der Waals surface area contributed by atoms with Crippen LogP contribution in [-0.4, -0.2) is 12.2 Å². The predicted octanol–water partition coefficient (Wildman–Crippen LogP) is 3.68. The molecule has 0 spiro atoms. The topological polar surface area (TPSA) is 41.5 Å². The van der Waals surface area contributed by atoms with Crippen molar-refractivity contribution in [3.63, 3.8) is 0 Å². The standard InChI is InChI=1S/C18H21NO2/c1-21-16-8-9-17-14(11-16)5-3-7-18(17)19-15-6-2-4-13(10-15)12-20/h2,4,6,8-11,18-20H,3,5,7,12H2,1H3. The molecule has 2 aromatic rings. The maximum Gasteiger partial charge on any atom is 0.119 e. The molecule has 0 aliphatic heterocycles. The molecule has 0 saturated carbocycles. The van der Waals surface area contributed by atoms with Crippen molar-refractivity contribution in [1.82, 2.24) is 0 Å². The number of aliphatic hydroxyl groups excluding tert-OH is 1. The molecule has 3 rings (SSSR count). The molecule has 1 atom stereocenters. The minimum absolute atomic E-state index is 0.0774. The number of hydrogen-bond acceptors (Lipinski definition) is 3. The van der Waals surface area contributed by atoms with Crippen LogP contribution >= 0.6 is 0 Å². The number of rotatable bonds is 4. The van der Waals surface area contributed by atoms with Crippen LogP contribution in [0.3, 0.4) is 0 Å². The van der Waals surface area contributed by atoms with E-state index in [-0.39, 0.29) is 6.61 Å². The van der Waals surface area contributed by atoms with Crippen LogP contribution in [0.5, 0.6) is 5.75 Å². The van der Waals surface area contributed by atoms with Gasteiger partial charge in [-0.3, -0.25) is 0 Å². The first kappa shape index (κ1) is 14.0. The van der Waals surface area contributed by atoms with E-state index in [4.69, 9.17) is 4.74 Å². The van der Waals surface area contributed by atoms with Crippen LogP contribution in [0.1, 0.15) is 35.6 Å². The third-order valence-electron chi connectivity index (χ3n) is 4.11. The van der Waals surface area contributed by atoms with E-state index in [1.807, 2.05) is 24.3 Å². The number of aliphatic hydroxyl groups is 1. The fourth-order valence-electron chi connectivity index (χ4n) is 3.03. The first-order valence-corrected chi connectivity index (χ1v) is 7.43. The molecular weight excluding hydrogens is 262 g/mol. The van der Waals surface area contributed by atoms with Crippen LogP contribution in [0.25, 0.3) is 0 Å². The Balaban J connectivity index is 1.84. The van der Waals surface area contributed by atoms with Crippen molar-refractivity contribution in [3.05, 3.63) is 59.2 Å². The molecule has 110 valence electrons. The zero-order chi connectivity index (χ0) is 14.7. The highest BCUT2D eigenvalue weighted by atomic mass is 16.5. The van der Waals surface area contributed by atoms with Gasteiger partial charge in [0.2, 0.25) is 0 Å². The van der Waals surface area contributed by atoms with Gasteiger partial charge in [0.15, 0.2) is 0 Å². The number of fused-ring (bicyclic) bond motifs is 1. The SMILES string of the molecule is COc1ccc2c(c1)CCCC2Nc1cccc(CO)c1. The predicted molar refractivity (Wildman–Crippen MR) is 84.7 cm³/mol. The monoisotopic (exact) mass is 283 g/mol. The largest absolute Gasteiger partial charge is 0.497 e. The smallest absolute Gasteiger partial charge is 0.119 e. The number of ether oxygens (including phenoxy) is 1. The van der Waals surface area contributed by atoms with Gasteiger partial charge in [-0.15, -0.1) is 0 Å². The van der Waals surface area contributed by atoms with E-state index in [1.165, 1.54) is 17.5 Å². The van der Waals surface area contributed by atoms with E-state index in [0.717, 1.165) is 29.8 Å². The third-order valence-corrected chi connectivity index (χ3v) is 4.11. The minimum atomic E-state index is 0.0774. The summed E-state index contributed by atoms with van der Waals surface area (Å²) in [5.74, 6) is 0.927. The summed E-state index contributed by atoms with van der Waals surface area (Å²) in [6.07, 6.45) is 3.42. The molecule has 2 N–H and O–H groups in total. The molecule has 1 aliphatic carbocycles. The number of benzene rings is 2. The fraction of sp³-hybridized carbons (Fsp3) is 0.333. The van der Waals surface area contributed by atoms with Crippen LogP contribution < -0.4 is 10.1 Å². The zero-order valence-electron chi connectivity index (χ0n) is 12.3. The molecule has 0 fully saturated rings. The van der Waals surface area contributed by atoms with Crippen molar-refractivity contribution < 1.29 is 9.84 Å². The van der Waals surface area contributed by atoms with Gasteiger partial charge in [0.05, 0.1) is 19.8 Å². The Bertz CT molecular complexity index is 624. The average Bonchev–Trinajstić information content (AvgIpc) is 2.55. The summed E-state index contributed by atoms with van der Waals surface area (Å²) >= 11 is 0. The minimum Gasteiger partial charge on any atom is -0.497 e. The molecule has 3 nitrogen and oxygen atoms in total. The molecule has 0 bridgehead atoms. The maximum absolute atomic E-state index is 9.24. The highest BCUT2D eigenvalue weighted by Crippen LogP contribution is 2.34. The number of anilines is 1. The average molecular weight is 283 g/mol. The summed E-state index contributed by atoms with van der Waals surface area (Å²) in [7, 11) is 1.71. The van der Waals surface area contributed by atoms with Crippen molar-refractivity contribution in [2.24, 2.45) is 0 Å². The van der Waals surface area contributed by atoms with Gasteiger partial charge in [0.1, 0.15) is 5.75 Å². The molecule has 0 radical (unpaired) electrons. The van der Waals surface area contributed by atoms with Gasteiger partial charge >= 0.3 is 0 Å². The van der Waals surface area contributed by atoms with Gasteiger partial charge in [-0.1, -0.05) is 18.2 Å². The zero-order valence-corrected chi connectivity index (χ0v) is 12.3. The quantitative estimate of drug-likeness (QED) is 0.899. The highest BCUT2D eigenvalue weighted by molar-refractivity contribution is 5.50. The number of methoxy groups -OCH3 is 1. The van der Waals surface area contributed by atoms with E-state index >= 15 is 0 Å². The Morgan fingerprint density at radius 3 is 2.95 bits per heavy atom. The summed E-state index contributed by atoms with van der Waals surface area (Å²) < 4.78 is 5.32. The molecule has 0 heterocycles. The molecule has 1 aliphatic rings. The third kappa shape index (κ3) is 3.03. The molecule has 0 aromatic heterocycles. The second kappa shape index (κ2) is 6.19. The van der Waals surface area contributed by atoms with Gasteiger partial charge in [-0.05, 0) is 60.2 Å². The Hall–Kier alpha value is -2.00. The maximum atomic E-state index is 9.24. The fourth-order valence-corrected chi connectivity index (χ4v) is 3.03. The lowest BCUT2D eigenvalue weighted by atomic mass is 9.87. The van der Waals surface area contributed by atoms with Gasteiger partial charge in [0.25, 0.3) is 0 Å². The van der Waals surface area contributed by atoms with E-state index in [1.54, 1.807) is 7.11 Å². The second-order valence-corrected chi connectivity index (χ2v) is 5.51. The summed E-state index contributed by atoms with van der Waals surface area (Å²) in [6, 6.07) is 14.6. The van der Waals surface area contributed by atoms with Crippen molar-refractivity contribution in [1.29, 1.82) is 0 Å². The van der Waals surface area contributed by atoms with Crippen LogP contribution in [0.15, 0.2) is 42.5 Å². The summed E-state index contributed by atoms with van der Waals surface area (Å²) in [5, 5.41) is 12.8. The van der Waals surface area contributed by atoms with E-state index < -0.39 is 0 Å². The normalized spacial score (nSPS) is 17.1. The van der Waals surface area contributed by atoms with Crippen molar-refractivity contribution in [2.45, 2.75) is 31.9 Å². The Morgan fingerprint density at radius 1 is 1.24 bits per heavy atom. The molecule has 2 aromatic carbocycles. The molecule has 21 heavy (non-hydrogen) atoms. The Kier molecular flexibility index (Phi) is 4.11. The van der Waals surface area contributed by atoms with Gasteiger partial charge < -0.3 is 15.2 Å². The number of nitrogens with one attached hydrogen (secondary N) is 1. The van der Waals surface area contributed by atoms with Crippen molar-refractivity contribution in [2.75, 3.05) is 12.4 Å². The number of hydrogen-bond donors (Lipinski definition) is 2. The summed E-state index contributed by atoms with van der Waals surface area (Å²) in [5.41, 5.74) is 4.73. The van der Waals surface area contributed by atoms with Gasteiger partial charge in [-0.2, -0.15) is 0 Å². The van der Waals surface area contributed by atoms with Crippen LogP contribution in [0, 0.1) is 0 Å². The Labute approximate surface area is 125 Å². The Morgan fingerprint density at radius 2 is 2.14 bits per heavy atom. The lowest BCUT2D eigenvalue weighted by molar-refractivity contribution is 0.282. The highest BCUT2D eigenvalue weighted by Gasteiger charge is 2.20. The van der Waals surface area contributed by atoms with Crippen LogP contribution in [0.2, 0.25) is 0 Å². The first-order chi connectivity index (χ1) is 10.3. The van der Waals surface area contributed by atoms with E-state index in [9.17, 15) is 5.11 Å². The summed E-state index contributed by atoms with van der Waals surface area (Å²) in [6.45, 7) is 0.0774. The molecular formula is C18H21NO2. The molecule has 1 unspecified atom stereocenters. The lowest BCUT2D eigenvalue weighted by Crippen LogP contribution is -2.17. The van der Waals surface area contributed by atoms with Gasteiger partial charge in [-0.25, -0.2) is 0 Å². The molecule has 0 amide bonds.